The van der Waals surface area contributed by atoms with E-state index >= 15 is 0 Å². The molecule has 27 heavy (non-hydrogen) atoms. The van der Waals surface area contributed by atoms with Crippen molar-refractivity contribution in [2.45, 2.75) is 25.3 Å². The van der Waals surface area contributed by atoms with Crippen LogP contribution in [0.25, 0.3) is 0 Å². The first-order valence-corrected chi connectivity index (χ1v) is 10.1. The summed E-state index contributed by atoms with van der Waals surface area (Å²) in [5.41, 5.74) is 1.93. The Morgan fingerprint density at radius 2 is 2.11 bits per heavy atom. The lowest BCUT2D eigenvalue weighted by Crippen LogP contribution is -2.11. The number of alkyl halides is 2. The van der Waals surface area contributed by atoms with Gasteiger partial charge < -0.3 is 21.4 Å². The standard InChI is InChI=1S/C18H22F2N6S/c1-27-8-7-22-14-3-2-4-15(12(14)9-21)25-18-23-10-13(16(19)20)17(26-18)24-11-5-6-11/h2-4,9-11,16,21-22H,5-8H2,1H3,(H2,23,24,25,26). The first kappa shape index (κ1) is 19.3. The highest BCUT2D eigenvalue weighted by Crippen LogP contribution is 2.32. The van der Waals surface area contributed by atoms with Gasteiger partial charge in [0.2, 0.25) is 5.95 Å². The number of hydrogen-bond donors (Lipinski definition) is 4. The van der Waals surface area contributed by atoms with Gasteiger partial charge in [0.05, 0.1) is 11.3 Å². The maximum Gasteiger partial charge on any atom is 0.268 e. The van der Waals surface area contributed by atoms with E-state index in [1.54, 1.807) is 17.8 Å². The lowest BCUT2D eigenvalue weighted by Gasteiger charge is -2.15. The van der Waals surface area contributed by atoms with Crippen molar-refractivity contribution >= 4 is 41.1 Å². The summed E-state index contributed by atoms with van der Waals surface area (Å²) in [6.07, 6.45) is 3.70. The van der Waals surface area contributed by atoms with Crippen LogP contribution >= 0.6 is 11.8 Å². The number of rotatable bonds is 10. The summed E-state index contributed by atoms with van der Waals surface area (Å²) < 4.78 is 26.4. The SMILES string of the molecule is CSCCNc1cccc(Nc2ncc(C(F)F)c(NC3CC3)n2)c1C=N. The largest absolute Gasteiger partial charge is 0.384 e. The van der Waals surface area contributed by atoms with E-state index in [1.807, 2.05) is 18.4 Å². The molecule has 0 unspecified atom stereocenters. The van der Waals surface area contributed by atoms with Crippen molar-refractivity contribution in [3.63, 3.8) is 0 Å². The molecule has 6 nitrogen and oxygen atoms in total. The molecule has 1 aliphatic carbocycles. The molecule has 3 rings (SSSR count). The van der Waals surface area contributed by atoms with E-state index in [0.29, 0.717) is 11.3 Å². The van der Waals surface area contributed by atoms with Gasteiger partial charge >= 0.3 is 0 Å². The maximum absolute atomic E-state index is 13.2. The van der Waals surface area contributed by atoms with Crippen LogP contribution in [0.3, 0.4) is 0 Å². The molecule has 144 valence electrons. The Morgan fingerprint density at radius 3 is 2.78 bits per heavy atom. The predicted octanol–water partition coefficient (Wildman–Crippen LogP) is 4.50. The molecule has 9 heteroatoms. The van der Waals surface area contributed by atoms with Crippen LogP contribution in [-0.4, -0.2) is 40.8 Å². The minimum Gasteiger partial charge on any atom is -0.384 e. The van der Waals surface area contributed by atoms with Gasteiger partial charge in [-0.05, 0) is 31.2 Å². The number of aromatic nitrogens is 2. The zero-order valence-electron chi connectivity index (χ0n) is 14.9. The van der Waals surface area contributed by atoms with Crippen molar-refractivity contribution in [3.8, 4) is 0 Å². The van der Waals surface area contributed by atoms with Gasteiger partial charge in [0.1, 0.15) is 5.82 Å². The Kier molecular flexibility index (Phi) is 6.44. The van der Waals surface area contributed by atoms with Crippen LogP contribution < -0.4 is 16.0 Å². The molecule has 0 radical (unpaired) electrons. The molecule has 0 spiro atoms. The minimum atomic E-state index is -2.64. The predicted molar refractivity (Wildman–Crippen MR) is 108 cm³/mol. The molecule has 2 aromatic rings. The molecule has 0 saturated heterocycles. The van der Waals surface area contributed by atoms with E-state index in [2.05, 4.69) is 25.9 Å². The van der Waals surface area contributed by atoms with Gasteiger partial charge in [-0.25, -0.2) is 13.8 Å². The molecule has 0 atom stereocenters. The van der Waals surface area contributed by atoms with Crippen molar-refractivity contribution in [3.05, 3.63) is 35.5 Å². The summed E-state index contributed by atoms with van der Waals surface area (Å²) in [6.45, 7) is 0.778. The Bertz CT molecular complexity index is 797. The Balaban J connectivity index is 1.83. The van der Waals surface area contributed by atoms with Gasteiger partial charge in [-0.1, -0.05) is 6.07 Å². The van der Waals surface area contributed by atoms with Crippen LogP contribution in [0.5, 0.6) is 0 Å². The smallest absolute Gasteiger partial charge is 0.268 e. The monoisotopic (exact) mass is 392 g/mol. The van der Waals surface area contributed by atoms with Gasteiger partial charge in [-0.15, -0.1) is 0 Å². The third kappa shape index (κ3) is 5.06. The van der Waals surface area contributed by atoms with Crippen molar-refractivity contribution in [2.75, 3.05) is 34.5 Å². The van der Waals surface area contributed by atoms with Crippen LogP contribution in [-0.2, 0) is 0 Å². The van der Waals surface area contributed by atoms with Crippen molar-refractivity contribution < 1.29 is 8.78 Å². The fourth-order valence-corrected chi connectivity index (χ4v) is 2.85. The van der Waals surface area contributed by atoms with Crippen molar-refractivity contribution in [2.24, 2.45) is 0 Å². The lowest BCUT2D eigenvalue weighted by molar-refractivity contribution is 0.151. The molecule has 0 bridgehead atoms. The number of thioether (sulfide) groups is 1. The fraction of sp³-hybridized carbons (Fsp3) is 0.389. The summed E-state index contributed by atoms with van der Waals surface area (Å²) in [7, 11) is 0. The van der Waals surface area contributed by atoms with Gasteiger partial charge in [0.25, 0.3) is 6.43 Å². The molecule has 4 N–H and O–H groups in total. The second kappa shape index (κ2) is 8.98. The summed E-state index contributed by atoms with van der Waals surface area (Å²) in [5.74, 6) is 1.33. The summed E-state index contributed by atoms with van der Waals surface area (Å²) >= 11 is 1.73. The molecule has 1 fully saturated rings. The van der Waals surface area contributed by atoms with Crippen molar-refractivity contribution in [1.82, 2.24) is 9.97 Å². The number of benzene rings is 1. The van der Waals surface area contributed by atoms with E-state index in [-0.39, 0.29) is 23.4 Å². The highest BCUT2D eigenvalue weighted by molar-refractivity contribution is 7.98. The van der Waals surface area contributed by atoms with Gasteiger partial charge in [-0.2, -0.15) is 16.7 Å². The van der Waals surface area contributed by atoms with Crippen LogP contribution in [0.1, 0.15) is 30.4 Å². The maximum atomic E-state index is 13.2. The number of anilines is 4. The average Bonchev–Trinajstić information content (AvgIpc) is 3.46. The molecule has 0 amide bonds. The summed E-state index contributed by atoms with van der Waals surface area (Å²) in [5, 5.41) is 17.1. The van der Waals surface area contributed by atoms with E-state index in [4.69, 9.17) is 5.41 Å². The topological polar surface area (TPSA) is 85.7 Å². The second-order valence-electron chi connectivity index (χ2n) is 6.17. The van der Waals surface area contributed by atoms with Gasteiger partial charge in [-0.3, -0.25) is 0 Å². The highest BCUT2D eigenvalue weighted by Gasteiger charge is 2.25. The van der Waals surface area contributed by atoms with Crippen LogP contribution in [0.2, 0.25) is 0 Å². The van der Waals surface area contributed by atoms with E-state index in [1.165, 1.54) is 6.21 Å². The quantitative estimate of drug-likeness (QED) is 0.352. The molecule has 1 aromatic carbocycles. The number of nitrogens with zero attached hydrogens (tertiary/aromatic N) is 2. The Hall–Kier alpha value is -2.42. The minimum absolute atomic E-state index is 0.163. The zero-order chi connectivity index (χ0) is 19.2. The molecule has 0 aliphatic heterocycles. The van der Waals surface area contributed by atoms with Gasteiger partial charge in [0.15, 0.2) is 0 Å². The molecule has 1 aromatic heterocycles. The molecular weight excluding hydrogens is 370 g/mol. The molecular formula is C18H22F2N6S. The normalized spacial score (nSPS) is 13.5. The Labute approximate surface area is 161 Å². The first-order chi connectivity index (χ1) is 13.1. The lowest BCUT2D eigenvalue weighted by atomic mass is 10.1. The van der Waals surface area contributed by atoms with Crippen molar-refractivity contribution in [1.29, 1.82) is 5.41 Å². The zero-order valence-corrected chi connectivity index (χ0v) is 15.7. The first-order valence-electron chi connectivity index (χ1n) is 8.67. The molecule has 1 aliphatic rings. The molecule has 1 saturated carbocycles. The molecule has 1 heterocycles. The van der Waals surface area contributed by atoms with Crippen LogP contribution in [0, 0.1) is 5.41 Å². The van der Waals surface area contributed by atoms with E-state index in [0.717, 1.165) is 37.0 Å². The third-order valence-corrected chi connectivity index (χ3v) is 4.70. The summed E-state index contributed by atoms with van der Waals surface area (Å²) in [6, 6.07) is 5.75. The van der Waals surface area contributed by atoms with E-state index in [9.17, 15) is 8.78 Å². The highest BCUT2D eigenvalue weighted by atomic mass is 32.2. The van der Waals surface area contributed by atoms with Crippen LogP contribution in [0.15, 0.2) is 24.4 Å². The van der Waals surface area contributed by atoms with Crippen LogP contribution in [0.4, 0.5) is 31.9 Å². The fourth-order valence-electron chi connectivity index (χ4n) is 2.54. The number of halogens is 2. The summed E-state index contributed by atoms with van der Waals surface area (Å²) in [4.78, 5) is 8.26. The second-order valence-corrected chi connectivity index (χ2v) is 7.16. The average molecular weight is 392 g/mol. The van der Waals surface area contributed by atoms with E-state index < -0.39 is 6.43 Å². The Morgan fingerprint density at radius 1 is 1.33 bits per heavy atom. The third-order valence-electron chi connectivity index (χ3n) is 4.09. The number of hydrogen-bond acceptors (Lipinski definition) is 7. The van der Waals surface area contributed by atoms with Gasteiger partial charge in [0, 0.05) is 42.0 Å². The number of nitrogens with one attached hydrogen (secondary N) is 4.